The van der Waals surface area contributed by atoms with Crippen molar-refractivity contribution in [3.63, 3.8) is 0 Å². The number of halogens is 1. The van der Waals surface area contributed by atoms with Gasteiger partial charge >= 0.3 is 0 Å². The number of aryl methyl sites for hydroxylation is 2. The molecule has 2 N–H and O–H groups in total. The summed E-state index contributed by atoms with van der Waals surface area (Å²) in [6.07, 6.45) is 0. The molecule has 1 fully saturated rings. The first kappa shape index (κ1) is 30.6. The lowest BCUT2D eigenvalue weighted by atomic mass is 10.1. The highest BCUT2D eigenvalue weighted by Crippen LogP contribution is 2.36. The molecule has 3 aromatic carbocycles. The molecule has 1 saturated heterocycles. The van der Waals surface area contributed by atoms with E-state index >= 15 is 0 Å². The predicted octanol–water partition coefficient (Wildman–Crippen LogP) is 4.70. The lowest BCUT2D eigenvalue weighted by Gasteiger charge is -2.34. The molecule has 0 saturated carbocycles. The number of fused-ring (bicyclic) bond motifs is 1. The van der Waals surface area contributed by atoms with Crippen LogP contribution in [0, 0.1) is 13.8 Å². The first-order chi connectivity index (χ1) is 19.2. The summed E-state index contributed by atoms with van der Waals surface area (Å²) >= 11 is 1.70. The second-order valence-electron chi connectivity index (χ2n) is 9.81. The van der Waals surface area contributed by atoms with E-state index in [1.165, 1.54) is 5.56 Å². The largest absolute Gasteiger partial charge is 0.494 e. The molecule has 2 heterocycles. The first-order valence-corrected chi connectivity index (χ1v) is 15.4. The standard InChI is InChI=1S/C29H33N5O4S2.ClH/c1-20-8-11-22(12-9-20)40(36,37)32-24-7-5-4-6-23(24)28(35)30-14-15-33-16-18-34(19-17-33)29-31-26-25(38-3)13-10-21(2)27(26)39-29;/h4-13,32H,14-19H2,1-3H3,(H,30,35);1H. The van der Waals surface area contributed by atoms with Crippen LogP contribution in [-0.2, 0) is 10.0 Å². The Labute approximate surface area is 251 Å². The van der Waals surface area contributed by atoms with Crippen molar-refractivity contribution in [2.75, 3.05) is 56.0 Å². The number of piperazine rings is 1. The molecule has 1 aliphatic heterocycles. The average Bonchev–Trinajstić information content (AvgIpc) is 3.40. The molecule has 0 radical (unpaired) electrons. The van der Waals surface area contributed by atoms with E-state index < -0.39 is 10.0 Å². The molecular weight excluding hydrogens is 582 g/mol. The number of hydrogen-bond donors (Lipinski definition) is 2. The lowest BCUT2D eigenvalue weighted by Crippen LogP contribution is -2.48. The van der Waals surface area contributed by atoms with Gasteiger partial charge in [0, 0.05) is 39.3 Å². The fourth-order valence-electron chi connectivity index (χ4n) is 4.68. The van der Waals surface area contributed by atoms with Gasteiger partial charge in [-0.3, -0.25) is 14.4 Å². The fraction of sp³-hybridized carbons (Fsp3) is 0.310. The minimum Gasteiger partial charge on any atom is -0.494 e. The molecule has 0 aliphatic carbocycles. The second kappa shape index (κ2) is 13.1. The van der Waals surface area contributed by atoms with Gasteiger partial charge in [0.25, 0.3) is 15.9 Å². The minimum absolute atomic E-state index is 0. The number of anilines is 2. The van der Waals surface area contributed by atoms with Crippen molar-refractivity contribution in [1.29, 1.82) is 0 Å². The normalized spacial score (nSPS) is 14.0. The van der Waals surface area contributed by atoms with E-state index in [1.807, 2.05) is 13.0 Å². The Hall–Kier alpha value is -3.38. The molecule has 218 valence electrons. The van der Waals surface area contributed by atoms with Gasteiger partial charge < -0.3 is 15.0 Å². The number of para-hydroxylation sites is 1. The van der Waals surface area contributed by atoms with Gasteiger partial charge in [-0.15, -0.1) is 12.4 Å². The smallest absolute Gasteiger partial charge is 0.261 e. The first-order valence-electron chi connectivity index (χ1n) is 13.1. The molecule has 0 bridgehead atoms. The number of ether oxygens (including phenoxy) is 1. The summed E-state index contributed by atoms with van der Waals surface area (Å²) in [4.78, 5) is 22.6. The van der Waals surface area contributed by atoms with Crippen LogP contribution in [0.2, 0.25) is 0 Å². The molecule has 41 heavy (non-hydrogen) atoms. The number of nitrogens with one attached hydrogen (secondary N) is 2. The zero-order valence-corrected chi connectivity index (χ0v) is 25.7. The van der Waals surface area contributed by atoms with Crippen LogP contribution >= 0.6 is 23.7 Å². The van der Waals surface area contributed by atoms with Crippen LogP contribution in [0.4, 0.5) is 10.8 Å². The molecule has 1 aliphatic rings. The van der Waals surface area contributed by atoms with E-state index in [-0.39, 0.29) is 34.5 Å². The number of hydrogen-bond acceptors (Lipinski definition) is 8. The number of carbonyl (C=O) groups is 1. The number of carbonyl (C=O) groups excluding carboxylic acids is 1. The van der Waals surface area contributed by atoms with Gasteiger partial charge in [0.15, 0.2) is 5.13 Å². The highest BCUT2D eigenvalue weighted by molar-refractivity contribution is 7.92. The Balaban J connectivity index is 0.00000387. The van der Waals surface area contributed by atoms with Crippen molar-refractivity contribution in [2.24, 2.45) is 0 Å². The molecule has 0 atom stereocenters. The number of amides is 1. The molecule has 0 unspecified atom stereocenters. The third-order valence-corrected chi connectivity index (χ3v) is 9.65. The van der Waals surface area contributed by atoms with E-state index in [4.69, 9.17) is 9.72 Å². The van der Waals surface area contributed by atoms with E-state index in [0.717, 1.165) is 52.8 Å². The summed E-state index contributed by atoms with van der Waals surface area (Å²) in [6.45, 7) is 8.54. The van der Waals surface area contributed by atoms with Gasteiger partial charge in [-0.05, 0) is 49.7 Å². The van der Waals surface area contributed by atoms with Crippen molar-refractivity contribution in [2.45, 2.75) is 18.7 Å². The summed E-state index contributed by atoms with van der Waals surface area (Å²) in [5.74, 6) is 0.474. The molecule has 1 amide bonds. The van der Waals surface area contributed by atoms with Crippen LogP contribution in [-0.4, -0.2) is 70.6 Å². The van der Waals surface area contributed by atoms with E-state index in [1.54, 1.807) is 67.0 Å². The summed E-state index contributed by atoms with van der Waals surface area (Å²) in [6, 6.07) is 17.2. The van der Waals surface area contributed by atoms with Crippen molar-refractivity contribution in [3.05, 3.63) is 77.4 Å². The van der Waals surface area contributed by atoms with E-state index in [2.05, 4.69) is 32.8 Å². The highest BCUT2D eigenvalue weighted by Gasteiger charge is 2.22. The van der Waals surface area contributed by atoms with Gasteiger partial charge in [0.05, 0.1) is 28.0 Å². The van der Waals surface area contributed by atoms with Crippen molar-refractivity contribution < 1.29 is 17.9 Å². The van der Waals surface area contributed by atoms with Gasteiger partial charge in [-0.2, -0.15) is 0 Å². The number of sulfonamides is 1. The molecule has 1 aromatic heterocycles. The van der Waals surface area contributed by atoms with Crippen LogP contribution in [0.1, 0.15) is 21.5 Å². The van der Waals surface area contributed by atoms with Crippen LogP contribution in [0.15, 0.2) is 65.6 Å². The van der Waals surface area contributed by atoms with E-state index in [0.29, 0.717) is 13.1 Å². The van der Waals surface area contributed by atoms with Crippen molar-refractivity contribution in [1.82, 2.24) is 15.2 Å². The Morgan fingerprint density at radius 1 is 1.00 bits per heavy atom. The zero-order chi connectivity index (χ0) is 28.3. The van der Waals surface area contributed by atoms with Gasteiger partial charge in [-0.25, -0.2) is 13.4 Å². The quantitative estimate of drug-likeness (QED) is 0.281. The van der Waals surface area contributed by atoms with Gasteiger partial charge in [-0.1, -0.05) is 47.2 Å². The molecule has 4 aromatic rings. The molecular formula is C29H34ClN5O4S2. The van der Waals surface area contributed by atoms with E-state index in [9.17, 15) is 13.2 Å². The van der Waals surface area contributed by atoms with Gasteiger partial charge in [0.2, 0.25) is 0 Å². The van der Waals surface area contributed by atoms with Crippen LogP contribution in [0.5, 0.6) is 5.75 Å². The Bertz CT molecular complexity index is 1620. The maximum atomic E-state index is 13.0. The number of rotatable bonds is 9. The summed E-state index contributed by atoms with van der Waals surface area (Å²) < 4.78 is 35.0. The minimum atomic E-state index is -3.82. The number of benzene rings is 3. The second-order valence-corrected chi connectivity index (χ2v) is 12.5. The topological polar surface area (TPSA) is 104 Å². The third-order valence-electron chi connectivity index (χ3n) is 7.02. The number of aromatic nitrogens is 1. The molecule has 0 spiro atoms. The zero-order valence-electron chi connectivity index (χ0n) is 23.2. The van der Waals surface area contributed by atoms with Crippen LogP contribution in [0.25, 0.3) is 10.2 Å². The number of methoxy groups -OCH3 is 1. The summed E-state index contributed by atoms with van der Waals surface area (Å²) in [7, 11) is -2.15. The predicted molar refractivity (Wildman–Crippen MR) is 168 cm³/mol. The average molecular weight is 616 g/mol. The van der Waals surface area contributed by atoms with Crippen LogP contribution in [0.3, 0.4) is 0 Å². The van der Waals surface area contributed by atoms with Gasteiger partial charge in [0.1, 0.15) is 11.3 Å². The maximum Gasteiger partial charge on any atom is 0.261 e. The third kappa shape index (κ3) is 6.92. The Morgan fingerprint density at radius 2 is 1.71 bits per heavy atom. The highest BCUT2D eigenvalue weighted by atomic mass is 35.5. The number of nitrogens with zero attached hydrogens (tertiary/aromatic N) is 3. The lowest BCUT2D eigenvalue weighted by molar-refractivity contribution is 0.0948. The Morgan fingerprint density at radius 3 is 2.41 bits per heavy atom. The monoisotopic (exact) mass is 615 g/mol. The summed E-state index contributed by atoms with van der Waals surface area (Å²) in [5.41, 5.74) is 3.60. The molecule has 12 heteroatoms. The number of thiazole rings is 1. The fourth-order valence-corrected chi connectivity index (χ4v) is 6.86. The maximum absolute atomic E-state index is 13.0. The molecule has 5 rings (SSSR count). The van der Waals surface area contributed by atoms with Crippen molar-refractivity contribution >= 4 is 60.7 Å². The van der Waals surface area contributed by atoms with Crippen molar-refractivity contribution in [3.8, 4) is 5.75 Å². The molecule has 9 nitrogen and oxygen atoms in total. The SMILES string of the molecule is COc1ccc(C)c2sc(N3CCN(CCNC(=O)c4ccccc4NS(=O)(=O)c4ccc(C)cc4)CC3)nc12.Cl. The van der Waals surface area contributed by atoms with Crippen LogP contribution < -0.4 is 19.7 Å². The Kier molecular flexibility index (Phi) is 9.75. The summed E-state index contributed by atoms with van der Waals surface area (Å²) in [5, 5.41) is 3.95.